The van der Waals surface area contributed by atoms with Gasteiger partial charge in [-0.25, -0.2) is 0 Å². The van der Waals surface area contributed by atoms with Gasteiger partial charge >= 0.3 is 0 Å². The van der Waals surface area contributed by atoms with Crippen LogP contribution in [0.2, 0.25) is 0 Å². The number of hydrogen-bond donors (Lipinski definition) is 1. The first-order valence-electron chi connectivity index (χ1n) is 9.52. The first-order valence-corrected chi connectivity index (χ1v) is 9.52. The number of carbonyl (C=O) groups is 1. The molecule has 4 nitrogen and oxygen atoms in total. The number of nitrogens with zero attached hydrogens (tertiary/aromatic N) is 2. The molecule has 0 atom stereocenters. The van der Waals surface area contributed by atoms with E-state index in [4.69, 9.17) is 5.73 Å². The second kappa shape index (κ2) is 8.63. The van der Waals surface area contributed by atoms with Crippen LogP contribution in [-0.2, 0) is 17.8 Å². The average Bonchev–Trinajstić information content (AvgIpc) is 2.62. The first kappa shape index (κ1) is 17.4. The Balaban J connectivity index is 1.47. The number of carbonyl (C=O) groups excluding carboxylic acids is 1. The second-order valence-electron chi connectivity index (χ2n) is 7.43. The van der Waals surface area contributed by atoms with Crippen molar-refractivity contribution in [1.82, 2.24) is 9.80 Å². The highest BCUT2D eigenvalue weighted by molar-refractivity contribution is 5.76. The van der Waals surface area contributed by atoms with E-state index in [1.54, 1.807) is 0 Å². The lowest BCUT2D eigenvalue weighted by atomic mass is 9.96. The largest absolute Gasteiger partial charge is 0.369 e. The number of primary amides is 1. The van der Waals surface area contributed by atoms with Crippen LogP contribution in [0, 0.1) is 5.92 Å². The summed E-state index contributed by atoms with van der Waals surface area (Å²) in [5.74, 6) is -0.0495. The summed E-state index contributed by atoms with van der Waals surface area (Å²) in [6.45, 7) is 6.68. The van der Waals surface area contributed by atoms with E-state index >= 15 is 0 Å². The van der Waals surface area contributed by atoms with Crippen LogP contribution in [0.25, 0.3) is 0 Å². The van der Waals surface area contributed by atoms with Gasteiger partial charge < -0.3 is 10.6 Å². The van der Waals surface area contributed by atoms with Gasteiger partial charge in [0.15, 0.2) is 0 Å². The number of piperidine rings is 2. The van der Waals surface area contributed by atoms with Gasteiger partial charge in [0, 0.05) is 19.0 Å². The predicted octanol–water partition coefficient (Wildman–Crippen LogP) is 2.41. The van der Waals surface area contributed by atoms with Crippen molar-refractivity contribution in [3.05, 3.63) is 35.4 Å². The number of rotatable bonds is 6. The monoisotopic (exact) mass is 329 g/mol. The Morgan fingerprint density at radius 2 is 1.71 bits per heavy atom. The van der Waals surface area contributed by atoms with Crippen LogP contribution in [-0.4, -0.2) is 48.4 Å². The highest BCUT2D eigenvalue weighted by atomic mass is 16.1. The Bertz CT molecular complexity index is 531. The highest BCUT2D eigenvalue weighted by Gasteiger charge is 2.22. The van der Waals surface area contributed by atoms with E-state index in [9.17, 15) is 4.79 Å². The second-order valence-corrected chi connectivity index (χ2v) is 7.43. The molecule has 1 amide bonds. The lowest BCUT2D eigenvalue weighted by Crippen LogP contribution is -2.38. The van der Waals surface area contributed by atoms with Crippen molar-refractivity contribution in [2.75, 3.05) is 32.7 Å². The third-order valence-corrected chi connectivity index (χ3v) is 5.55. The number of benzene rings is 1. The molecule has 0 radical (unpaired) electrons. The molecule has 0 saturated carbocycles. The fraction of sp³-hybridized carbons (Fsp3) is 0.650. The molecular formula is C20H31N3O. The Kier molecular flexibility index (Phi) is 6.27. The van der Waals surface area contributed by atoms with Crippen molar-refractivity contribution in [2.24, 2.45) is 11.7 Å². The van der Waals surface area contributed by atoms with Crippen LogP contribution in [0.1, 0.15) is 43.2 Å². The average molecular weight is 329 g/mol. The summed E-state index contributed by atoms with van der Waals surface area (Å²) in [4.78, 5) is 16.3. The lowest BCUT2D eigenvalue weighted by Gasteiger charge is -2.30. The van der Waals surface area contributed by atoms with Crippen molar-refractivity contribution < 1.29 is 4.79 Å². The zero-order valence-electron chi connectivity index (χ0n) is 14.8. The van der Waals surface area contributed by atoms with Gasteiger partial charge in [0.25, 0.3) is 0 Å². The fourth-order valence-corrected chi connectivity index (χ4v) is 3.99. The van der Waals surface area contributed by atoms with Crippen LogP contribution < -0.4 is 5.73 Å². The SMILES string of the molecule is NC(=O)C1CCN(Cc2cccc(CCN3CCCCC3)c2)CC1. The van der Waals surface area contributed by atoms with Crippen LogP contribution in [0.4, 0.5) is 0 Å². The number of nitrogens with two attached hydrogens (primary N) is 1. The van der Waals surface area contributed by atoms with Crippen LogP contribution in [0.5, 0.6) is 0 Å². The van der Waals surface area contributed by atoms with E-state index in [1.807, 2.05) is 0 Å². The molecule has 0 spiro atoms. The minimum Gasteiger partial charge on any atom is -0.369 e. The highest BCUT2D eigenvalue weighted by Crippen LogP contribution is 2.19. The van der Waals surface area contributed by atoms with Crippen molar-refractivity contribution in [3.8, 4) is 0 Å². The molecule has 2 heterocycles. The number of hydrogen-bond acceptors (Lipinski definition) is 3. The third-order valence-electron chi connectivity index (χ3n) is 5.55. The molecular weight excluding hydrogens is 298 g/mol. The molecule has 24 heavy (non-hydrogen) atoms. The molecule has 0 aliphatic carbocycles. The van der Waals surface area contributed by atoms with Crippen LogP contribution >= 0.6 is 0 Å². The first-order chi connectivity index (χ1) is 11.7. The number of amides is 1. The topological polar surface area (TPSA) is 49.6 Å². The lowest BCUT2D eigenvalue weighted by molar-refractivity contribution is -0.123. The minimum atomic E-state index is -0.130. The molecule has 132 valence electrons. The molecule has 0 bridgehead atoms. The third kappa shape index (κ3) is 5.05. The molecule has 2 aliphatic heterocycles. The van der Waals surface area contributed by atoms with Crippen molar-refractivity contribution in [3.63, 3.8) is 0 Å². The summed E-state index contributed by atoms with van der Waals surface area (Å²) >= 11 is 0. The smallest absolute Gasteiger partial charge is 0.220 e. The standard InChI is InChI=1S/C20H31N3O/c21-20(24)19-8-13-23(14-9-19)16-18-6-4-5-17(15-18)7-12-22-10-2-1-3-11-22/h4-6,15,19H,1-3,7-14,16H2,(H2,21,24). The van der Waals surface area contributed by atoms with Crippen molar-refractivity contribution in [1.29, 1.82) is 0 Å². The molecule has 1 aromatic rings. The van der Waals surface area contributed by atoms with E-state index in [0.29, 0.717) is 0 Å². The quantitative estimate of drug-likeness (QED) is 0.872. The molecule has 2 saturated heterocycles. The molecule has 0 unspecified atom stereocenters. The Labute approximate surface area is 146 Å². The van der Waals surface area contributed by atoms with E-state index in [0.717, 1.165) is 38.9 Å². The summed E-state index contributed by atoms with van der Waals surface area (Å²) in [7, 11) is 0. The molecule has 2 N–H and O–H groups in total. The van der Waals surface area contributed by atoms with E-state index in [2.05, 4.69) is 34.1 Å². The van der Waals surface area contributed by atoms with Crippen LogP contribution in [0.15, 0.2) is 24.3 Å². The van der Waals surface area contributed by atoms with E-state index in [-0.39, 0.29) is 11.8 Å². The van der Waals surface area contributed by atoms with Gasteiger partial charge in [0.2, 0.25) is 5.91 Å². The molecule has 1 aromatic carbocycles. The molecule has 0 aromatic heterocycles. The van der Waals surface area contributed by atoms with E-state index < -0.39 is 0 Å². The Morgan fingerprint density at radius 1 is 1.00 bits per heavy atom. The maximum atomic E-state index is 11.3. The van der Waals surface area contributed by atoms with Gasteiger partial charge in [-0.05, 0) is 69.4 Å². The molecule has 3 rings (SSSR count). The molecule has 2 aliphatic rings. The zero-order valence-corrected chi connectivity index (χ0v) is 14.8. The fourth-order valence-electron chi connectivity index (χ4n) is 3.99. The van der Waals surface area contributed by atoms with Gasteiger partial charge in [0.05, 0.1) is 0 Å². The van der Waals surface area contributed by atoms with Gasteiger partial charge in [-0.15, -0.1) is 0 Å². The van der Waals surface area contributed by atoms with Crippen molar-refractivity contribution in [2.45, 2.75) is 45.1 Å². The summed E-state index contributed by atoms with van der Waals surface area (Å²) in [5.41, 5.74) is 8.26. The van der Waals surface area contributed by atoms with E-state index in [1.165, 1.54) is 50.0 Å². The molecule has 2 fully saturated rings. The molecule has 4 heteroatoms. The van der Waals surface area contributed by atoms with Gasteiger partial charge in [-0.3, -0.25) is 9.69 Å². The Morgan fingerprint density at radius 3 is 2.42 bits per heavy atom. The summed E-state index contributed by atoms with van der Waals surface area (Å²) < 4.78 is 0. The number of likely N-dealkylation sites (tertiary alicyclic amines) is 2. The summed E-state index contributed by atoms with van der Waals surface area (Å²) in [6.07, 6.45) is 7.09. The summed E-state index contributed by atoms with van der Waals surface area (Å²) in [5, 5.41) is 0. The minimum absolute atomic E-state index is 0.0807. The van der Waals surface area contributed by atoms with Crippen LogP contribution in [0.3, 0.4) is 0 Å². The summed E-state index contributed by atoms with van der Waals surface area (Å²) in [6, 6.07) is 9.04. The maximum absolute atomic E-state index is 11.3. The zero-order chi connectivity index (χ0) is 16.8. The van der Waals surface area contributed by atoms with Crippen molar-refractivity contribution >= 4 is 5.91 Å². The normalized spacial score (nSPS) is 21.0. The maximum Gasteiger partial charge on any atom is 0.220 e. The van der Waals surface area contributed by atoms with Gasteiger partial charge in [-0.2, -0.15) is 0 Å². The predicted molar refractivity (Wildman–Crippen MR) is 97.6 cm³/mol. The van der Waals surface area contributed by atoms with Gasteiger partial charge in [-0.1, -0.05) is 30.7 Å². The van der Waals surface area contributed by atoms with Gasteiger partial charge in [0.1, 0.15) is 0 Å². The Hall–Kier alpha value is -1.39.